The van der Waals surface area contributed by atoms with Crippen LogP contribution >= 0.6 is 0 Å². The van der Waals surface area contributed by atoms with E-state index >= 15 is 0 Å². The predicted molar refractivity (Wildman–Crippen MR) is 108 cm³/mol. The van der Waals surface area contributed by atoms with Gasteiger partial charge >= 0.3 is 0 Å². The minimum atomic E-state index is -0.561. The van der Waals surface area contributed by atoms with Gasteiger partial charge in [-0.2, -0.15) is 0 Å². The van der Waals surface area contributed by atoms with Gasteiger partial charge in [0.05, 0.1) is 0 Å². The summed E-state index contributed by atoms with van der Waals surface area (Å²) in [6, 6.07) is 6.19. The first-order valence-electron chi connectivity index (χ1n) is 10.2. The molecule has 0 saturated carbocycles. The van der Waals surface area contributed by atoms with Crippen molar-refractivity contribution in [2.75, 3.05) is 18.0 Å². The molecule has 0 radical (unpaired) electrons. The van der Waals surface area contributed by atoms with Crippen LogP contribution in [0.5, 0.6) is 0 Å². The Labute approximate surface area is 166 Å². The number of hydrogen-bond acceptors (Lipinski definition) is 5. The van der Waals surface area contributed by atoms with Gasteiger partial charge in [0.25, 0.3) is 5.91 Å². The molecule has 4 rings (SSSR count). The smallest absolute Gasteiger partial charge is 0.255 e. The van der Waals surface area contributed by atoms with Crippen LogP contribution in [0.15, 0.2) is 18.2 Å². The van der Waals surface area contributed by atoms with Gasteiger partial charge < -0.3 is 15.1 Å². The van der Waals surface area contributed by atoms with Crippen molar-refractivity contribution in [2.24, 2.45) is 0 Å². The third-order valence-electron chi connectivity index (χ3n) is 5.60. The van der Waals surface area contributed by atoms with Crippen molar-refractivity contribution in [3.05, 3.63) is 29.3 Å². The van der Waals surface area contributed by atoms with Crippen LogP contribution in [-0.4, -0.2) is 53.8 Å². The fourth-order valence-electron chi connectivity index (χ4n) is 4.12. The molecule has 7 heteroatoms. The molecule has 1 aromatic rings. The van der Waals surface area contributed by atoms with Crippen molar-refractivity contribution in [3.8, 4) is 0 Å². The Morgan fingerprint density at radius 3 is 2.54 bits per heavy atom. The van der Waals surface area contributed by atoms with Gasteiger partial charge in [0.1, 0.15) is 6.04 Å². The van der Waals surface area contributed by atoms with E-state index in [1.807, 2.05) is 26.0 Å². The van der Waals surface area contributed by atoms with Crippen molar-refractivity contribution in [1.82, 2.24) is 15.5 Å². The fourth-order valence-corrected chi connectivity index (χ4v) is 4.12. The van der Waals surface area contributed by atoms with Gasteiger partial charge in [0, 0.05) is 49.4 Å². The third-order valence-corrected chi connectivity index (χ3v) is 5.60. The number of carbonyl (C=O) groups excluding carboxylic acids is 3. The second kappa shape index (κ2) is 8.31. The number of nitrogens with one attached hydrogen (secondary N) is 2. The number of imide groups is 1. The van der Waals surface area contributed by atoms with E-state index in [4.69, 9.17) is 0 Å². The molecule has 3 heterocycles. The summed E-state index contributed by atoms with van der Waals surface area (Å²) in [5.74, 6) is -0.755. The summed E-state index contributed by atoms with van der Waals surface area (Å²) >= 11 is 0. The van der Waals surface area contributed by atoms with E-state index in [9.17, 15) is 14.4 Å². The average Bonchev–Trinajstić information content (AvgIpc) is 3.01. The molecule has 0 aliphatic carbocycles. The van der Waals surface area contributed by atoms with Crippen LogP contribution in [-0.2, 0) is 16.1 Å². The van der Waals surface area contributed by atoms with Crippen LogP contribution < -0.4 is 15.5 Å². The molecule has 28 heavy (non-hydrogen) atoms. The van der Waals surface area contributed by atoms with Crippen LogP contribution in [0.3, 0.4) is 0 Å². The number of piperazine rings is 1. The number of benzene rings is 1. The van der Waals surface area contributed by atoms with Crippen molar-refractivity contribution in [1.29, 1.82) is 0 Å². The van der Waals surface area contributed by atoms with Crippen LogP contribution in [0.2, 0.25) is 0 Å². The van der Waals surface area contributed by atoms with Crippen LogP contribution in [0, 0.1) is 0 Å². The number of nitrogens with zero attached hydrogens (tertiary/aromatic N) is 2. The molecule has 0 bridgehead atoms. The minimum absolute atomic E-state index is 0.122. The Hall–Kier alpha value is -2.41. The maximum absolute atomic E-state index is 12.8. The highest BCUT2D eigenvalue weighted by molar-refractivity contribution is 6.05. The first kappa shape index (κ1) is 20.3. The second-order valence-electron chi connectivity index (χ2n) is 7.55. The first-order valence-corrected chi connectivity index (χ1v) is 10.2. The lowest BCUT2D eigenvalue weighted by atomic mass is 10.0. The van der Waals surface area contributed by atoms with E-state index in [2.05, 4.69) is 35.4 Å². The van der Waals surface area contributed by atoms with Gasteiger partial charge in [0.2, 0.25) is 11.8 Å². The molecule has 2 N–H and O–H groups in total. The van der Waals surface area contributed by atoms with E-state index in [0.29, 0.717) is 30.6 Å². The van der Waals surface area contributed by atoms with Crippen molar-refractivity contribution in [3.63, 3.8) is 0 Å². The summed E-state index contributed by atoms with van der Waals surface area (Å²) in [5.41, 5.74) is 2.73. The van der Waals surface area contributed by atoms with Crippen LogP contribution in [0.1, 0.15) is 56.5 Å². The summed E-state index contributed by atoms with van der Waals surface area (Å²) in [6.07, 6.45) is 0.668. The summed E-state index contributed by atoms with van der Waals surface area (Å²) in [7, 11) is 0. The molecular formula is C21H30N4O3. The number of anilines is 1. The van der Waals surface area contributed by atoms with Crippen molar-refractivity contribution < 1.29 is 14.4 Å². The molecule has 0 spiro atoms. The van der Waals surface area contributed by atoms with E-state index in [1.165, 1.54) is 0 Å². The molecule has 3 aliphatic heterocycles. The molecule has 3 aliphatic rings. The lowest BCUT2D eigenvalue weighted by molar-refractivity contribution is -0.136. The molecule has 2 fully saturated rings. The number of hydrogen-bond donors (Lipinski definition) is 2. The summed E-state index contributed by atoms with van der Waals surface area (Å²) in [5, 5.41) is 5.81. The van der Waals surface area contributed by atoms with Crippen molar-refractivity contribution in [2.45, 2.75) is 65.2 Å². The fraction of sp³-hybridized carbons (Fsp3) is 0.571. The average molecular weight is 386 g/mol. The zero-order valence-corrected chi connectivity index (χ0v) is 17.1. The Kier molecular flexibility index (Phi) is 6.03. The number of amides is 3. The maximum atomic E-state index is 12.8. The lowest BCUT2D eigenvalue weighted by Gasteiger charge is -2.39. The predicted octanol–water partition coefficient (Wildman–Crippen LogP) is 1.66. The van der Waals surface area contributed by atoms with Gasteiger partial charge in [-0.15, -0.1) is 0 Å². The first-order chi connectivity index (χ1) is 13.4. The molecule has 3 amide bonds. The zero-order valence-electron chi connectivity index (χ0n) is 17.1. The highest BCUT2D eigenvalue weighted by atomic mass is 16.2. The molecule has 2 unspecified atom stereocenters. The summed E-state index contributed by atoms with van der Waals surface area (Å²) in [6.45, 7) is 10.6. The molecule has 1 aromatic carbocycles. The van der Waals surface area contributed by atoms with E-state index < -0.39 is 6.04 Å². The monoisotopic (exact) mass is 386 g/mol. The molecule has 7 nitrogen and oxygen atoms in total. The molecule has 2 saturated heterocycles. The number of rotatable bonds is 2. The molecular weight excluding hydrogens is 356 g/mol. The summed E-state index contributed by atoms with van der Waals surface area (Å²) < 4.78 is 0. The summed E-state index contributed by atoms with van der Waals surface area (Å²) in [4.78, 5) is 40.2. The highest BCUT2D eigenvalue weighted by Gasteiger charge is 2.39. The number of carbonyl (C=O) groups is 3. The van der Waals surface area contributed by atoms with Crippen LogP contribution in [0.25, 0.3) is 0 Å². The van der Waals surface area contributed by atoms with E-state index in [-0.39, 0.29) is 24.1 Å². The molecule has 3 atom stereocenters. The van der Waals surface area contributed by atoms with Gasteiger partial charge in [-0.1, -0.05) is 13.8 Å². The largest absolute Gasteiger partial charge is 0.366 e. The normalized spacial score (nSPS) is 27.1. The van der Waals surface area contributed by atoms with E-state index in [1.54, 1.807) is 4.90 Å². The Bertz CT molecular complexity index is 779. The van der Waals surface area contributed by atoms with Crippen molar-refractivity contribution >= 4 is 23.4 Å². The second-order valence-corrected chi connectivity index (χ2v) is 7.55. The Balaban J connectivity index is 0.00000109. The SMILES string of the molecule is CC.CC1CN(c2ccc3c(c2)CN(C2CCC(=O)NC2=O)C3=O)[C@H](C)CN1. The Morgan fingerprint density at radius 2 is 1.82 bits per heavy atom. The van der Waals surface area contributed by atoms with Gasteiger partial charge in [-0.25, -0.2) is 0 Å². The maximum Gasteiger partial charge on any atom is 0.255 e. The van der Waals surface area contributed by atoms with E-state index in [0.717, 1.165) is 24.3 Å². The minimum Gasteiger partial charge on any atom is -0.366 e. The quantitative estimate of drug-likeness (QED) is 0.756. The highest BCUT2D eigenvalue weighted by Crippen LogP contribution is 2.31. The number of piperidine rings is 1. The molecule has 0 aromatic heterocycles. The third kappa shape index (κ3) is 3.76. The van der Waals surface area contributed by atoms with Crippen LogP contribution in [0.4, 0.5) is 5.69 Å². The van der Waals surface area contributed by atoms with Gasteiger partial charge in [-0.3, -0.25) is 19.7 Å². The van der Waals surface area contributed by atoms with Gasteiger partial charge in [-0.05, 0) is 44.0 Å². The standard InChI is InChI=1S/C19H24N4O3.C2H6/c1-11-9-22(12(2)8-20-11)14-3-4-15-13(7-14)10-23(19(15)26)16-5-6-17(24)21-18(16)25;1-2/h3-4,7,11-12,16,20H,5-6,8-10H2,1-2H3,(H,21,24,25);1-2H3/t11?,12-,16?;/m1./s1. The molecule has 152 valence electrons. The topological polar surface area (TPSA) is 81.8 Å². The zero-order chi connectivity index (χ0) is 20.4. The Morgan fingerprint density at radius 1 is 1.07 bits per heavy atom. The van der Waals surface area contributed by atoms with Gasteiger partial charge in [0.15, 0.2) is 0 Å². The lowest BCUT2D eigenvalue weighted by Crippen LogP contribution is -2.54. The number of fused-ring (bicyclic) bond motifs is 1.